The molecule has 1 aromatic carbocycles. The van der Waals surface area contributed by atoms with Crippen LogP contribution in [-0.4, -0.2) is 66.4 Å². The van der Waals surface area contributed by atoms with Crippen LogP contribution in [0.15, 0.2) is 29.4 Å². The van der Waals surface area contributed by atoms with Gasteiger partial charge in [-0.2, -0.15) is 5.10 Å². The number of anilines is 1. The number of ether oxygens (including phenoxy) is 1. The fourth-order valence-electron chi connectivity index (χ4n) is 3.31. The largest absolute Gasteiger partial charge is 0.448 e. The van der Waals surface area contributed by atoms with Gasteiger partial charge < -0.3 is 10.1 Å². The van der Waals surface area contributed by atoms with Crippen LogP contribution < -0.4 is 5.32 Å². The summed E-state index contributed by atoms with van der Waals surface area (Å²) >= 11 is 0. The molecule has 2 aliphatic heterocycles. The number of esters is 1. The van der Waals surface area contributed by atoms with Crippen molar-refractivity contribution in [2.24, 2.45) is 5.10 Å². The summed E-state index contributed by atoms with van der Waals surface area (Å²) in [6.07, 6.45) is -0.849. The van der Waals surface area contributed by atoms with Crippen molar-refractivity contribution in [1.29, 1.82) is 0 Å². The van der Waals surface area contributed by atoms with E-state index in [9.17, 15) is 27.6 Å². The molecule has 2 amide bonds. The number of benzene rings is 1. The van der Waals surface area contributed by atoms with E-state index in [-0.39, 0.29) is 48.2 Å². The summed E-state index contributed by atoms with van der Waals surface area (Å²) in [5.41, 5.74) is 0.773. The maximum Gasteiger partial charge on any atom is 0.355 e. The molecule has 2 atom stereocenters. The highest BCUT2D eigenvalue weighted by Crippen LogP contribution is 2.22. The average molecular weight is 449 g/mol. The molecule has 0 spiro atoms. The molecule has 2 heterocycles. The van der Waals surface area contributed by atoms with Crippen LogP contribution in [0, 0.1) is 0 Å². The summed E-state index contributed by atoms with van der Waals surface area (Å²) in [5.74, 6) is -2.17. The minimum Gasteiger partial charge on any atom is -0.448 e. The normalized spacial score (nSPS) is 21.2. The van der Waals surface area contributed by atoms with Crippen LogP contribution in [0.2, 0.25) is 0 Å². The Balaban J connectivity index is 1.64. The third kappa shape index (κ3) is 5.54. The Labute approximate surface area is 179 Å². The van der Waals surface area contributed by atoms with Crippen molar-refractivity contribution in [2.75, 3.05) is 16.8 Å². The molecule has 0 radical (unpaired) electrons. The predicted octanol–water partition coefficient (Wildman–Crippen LogP) is 0.925. The lowest BCUT2D eigenvalue weighted by Gasteiger charge is -2.27. The number of nitrogens with zero attached hydrogens (tertiary/aromatic N) is 2. The van der Waals surface area contributed by atoms with Gasteiger partial charge in [0.1, 0.15) is 5.71 Å². The van der Waals surface area contributed by atoms with Gasteiger partial charge in [0.2, 0.25) is 5.91 Å². The minimum atomic E-state index is -3.23. The second kappa shape index (κ2) is 8.96. The van der Waals surface area contributed by atoms with Crippen LogP contribution >= 0.6 is 0 Å². The number of hydrogen-bond donors (Lipinski definition) is 1. The highest BCUT2D eigenvalue weighted by Gasteiger charge is 2.37. The number of carbonyl (C=O) groups excluding carboxylic acids is 4. The number of carbonyl (C=O) groups is 4. The molecule has 0 bridgehead atoms. The maximum absolute atomic E-state index is 12.5. The molecule has 1 aromatic rings. The molecular weight excluding hydrogens is 426 g/mol. The molecule has 0 aliphatic carbocycles. The Kier molecular flexibility index (Phi) is 6.54. The molecule has 2 aliphatic rings. The zero-order valence-electron chi connectivity index (χ0n) is 17.2. The van der Waals surface area contributed by atoms with Gasteiger partial charge in [0, 0.05) is 24.1 Å². The fraction of sp³-hybridized carbons (Fsp3) is 0.450. The number of hydrazone groups is 1. The van der Waals surface area contributed by atoms with E-state index in [0.29, 0.717) is 11.3 Å². The average Bonchev–Trinajstić information content (AvgIpc) is 3.07. The lowest BCUT2D eigenvalue weighted by atomic mass is 10.1. The summed E-state index contributed by atoms with van der Waals surface area (Å²) in [6.45, 7) is 2.79. The van der Waals surface area contributed by atoms with Crippen LogP contribution in [0.5, 0.6) is 0 Å². The first-order valence-corrected chi connectivity index (χ1v) is 11.6. The summed E-state index contributed by atoms with van der Waals surface area (Å²) < 4.78 is 28.6. The van der Waals surface area contributed by atoms with E-state index in [4.69, 9.17) is 4.74 Å². The molecule has 10 nitrogen and oxygen atoms in total. The molecule has 3 rings (SSSR count). The van der Waals surface area contributed by atoms with Gasteiger partial charge in [0.15, 0.2) is 21.7 Å². The van der Waals surface area contributed by atoms with Crippen LogP contribution in [0.3, 0.4) is 0 Å². The van der Waals surface area contributed by atoms with E-state index in [1.54, 1.807) is 18.2 Å². The van der Waals surface area contributed by atoms with E-state index < -0.39 is 33.9 Å². The molecule has 31 heavy (non-hydrogen) atoms. The maximum atomic E-state index is 12.5. The van der Waals surface area contributed by atoms with Crippen LogP contribution in [-0.2, 0) is 29.0 Å². The number of amides is 2. The zero-order valence-corrected chi connectivity index (χ0v) is 18.0. The van der Waals surface area contributed by atoms with E-state index >= 15 is 0 Å². The van der Waals surface area contributed by atoms with Gasteiger partial charge in [-0.1, -0.05) is 12.1 Å². The SMILES string of the molecule is CC(=O)c1cccc(NC(=O)[C@H](C)OC(=O)C2=NN([C@@H]3CCS(=O)(=O)C3)C(=O)CC2)c1. The standard InChI is InChI=1S/C20H23N3O7S/c1-12(24)14-4-3-5-15(10-14)21-19(26)13(2)30-20(27)17-6-7-18(25)23(22-17)16-8-9-31(28,29)11-16/h3-5,10,13,16H,6-9,11H2,1-2H3,(H,21,26)/t13-,16+/m0/s1. The second-order valence-corrected chi connectivity index (χ2v) is 9.74. The first kappa shape index (κ1) is 22.6. The van der Waals surface area contributed by atoms with Gasteiger partial charge in [-0.25, -0.2) is 18.2 Å². The van der Waals surface area contributed by atoms with Crippen LogP contribution in [0.25, 0.3) is 0 Å². The molecule has 1 N–H and O–H groups in total. The number of ketones is 1. The first-order valence-electron chi connectivity index (χ1n) is 9.78. The Morgan fingerprint density at radius 3 is 2.65 bits per heavy atom. The molecule has 166 valence electrons. The number of hydrogen-bond acceptors (Lipinski definition) is 8. The molecular formula is C20H23N3O7S. The molecule has 0 aromatic heterocycles. The van der Waals surface area contributed by atoms with Crippen molar-refractivity contribution >= 4 is 44.8 Å². The third-order valence-electron chi connectivity index (χ3n) is 5.04. The molecule has 1 fully saturated rings. The quantitative estimate of drug-likeness (QED) is 0.503. The summed E-state index contributed by atoms with van der Waals surface area (Å²) in [7, 11) is -3.23. The Morgan fingerprint density at radius 1 is 1.26 bits per heavy atom. The first-order chi connectivity index (χ1) is 14.6. The van der Waals surface area contributed by atoms with Crippen molar-refractivity contribution in [1.82, 2.24) is 5.01 Å². The Bertz CT molecular complexity index is 1060. The summed E-state index contributed by atoms with van der Waals surface area (Å²) in [6, 6.07) is 5.75. The van der Waals surface area contributed by atoms with E-state index in [1.807, 2.05) is 0 Å². The number of rotatable bonds is 6. The van der Waals surface area contributed by atoms with Gasteiger partial charge in [0.25, 0.3) is 5.91 Å². The number of Topliss-reactive ketones (excluding diaryl/α,β-unsaturated/α-hetero) is 1. The Morgan fingerprint density at radius 2 is 2.00 bits per heavy atom. The lowest BCUT2D eigenvalue weighted by Crippen LogP contribution is -2.42. The number of nitrogens with one attached hydrogen (secondary N) is 1. The van der Waals surface area contributed by atoms with E-state index in [0.717, 1.165) is 5.01 Å². The van der Waals surface area contributed by atoms with Gasteiger partial charge >= 0.3 is 5.97 Å². The van der Waals surface area contributed by atoms with Crippen molar-refractivity contribution < 1.29 is 32.3 Å². The van der Waals surface area contributed by atoms with Crippen LogP contribution in [0.1, 0.15) is 43.5 Å². The zero-order chi connectivity index (χ0) is 22.8. The summed E-state index contributed by atoms with van der Waals surface area (Å²) in [5, 5.41) is 7.66. The molecule has 0 saturated carbocycles. The highest BCUT2D eigenvalue weighted by molar-refractivity contribution is 7.91. The summed E-state index contributed by atoms with van der Waals surface area (Å²) in [4.78, 5) is 48.4. The van der Waals surface area contributed by atoms with Crippen molar-refractivity contribution in [3.63, 3.8) is 0 Å². The van der Waals surface area contributed by atoms with Gasteiger partial charge in [-0.15, -0.1) is 0 Å². The topological polar surface area (TPSA) is 139 Å². The predicted molar refractivity (Wildman–Crippen MR) is 111 cm³/mol. The lowest BCUT2D eigenvalue weighted by molar-refractivity contribution is -0.147. The fourth-order valence-corrected chi connectivity index (χ4v) is 5.01. The number of sulfone groups is 1. The molecule has 11 heteroatoms. The van der Waals surface area contributed by atoms with Gasteiger partial charge in [-0.3, -0.25) is 14.4 Å². The van der Waals surface area contributed by atoms with Gasteiger partial charge in [0.05, 0.1) is 17.5 Å². The van der Waals surface area contributed by atoms with Crippen molar-refractivity contribution in [2.45, 2.75) is 45.3 Å². The third-order valence-corrected chi connectivity index (χ3v) is 6.79. The van der Waals surface area contributed by atoms with Crippen LogP contribution in [0.4, 0.5) is 5.69 Å². The van der Waals surface area contributed by atoms with Crippen molar-refractivity contribution in [3.8, 4) is 0 Å². The Hall–Kier alpha value is -3.08. The van der Waals surface area contributed by atoms with Crippen molar-refractivity contribution in [3.05, 3.63) is 29.8 Å². The van der Waals surface area contributed by atoms with Gasteiger partial charge in [-0.05, 0) is 32.4 Å². The van der Waals surface area contributed by atoms with E-state index in [2.05, 4.69) is 10.4 Å². The smallest absolute Gasteiger partial charge is 0.355 e. The molecule has 1 saturated heterocycles. The second-order valence-electron chi connectivity index (χ2n) is 7.52. The molecule has 0 unspecified atom stereocenters. The monoisotopic (exact) mass is 449 g/mol. The van der Waals surface area contributed by atoms with E-state index in [1.165, 1.54) is 19.9 Å². The minimum absolute atomic E-state index is 0.00287. The highest BCUT2D eigenvalue weighted by atomic mass is 32.2.